The fourth-order valence-corrected chi connectivity index (χ4v) is 2.52. The van der Waals surface area contributed by atoms with E-state index < -0.39 is 11.6 Å². The molecule has 1 heterocycles. The van der Waals surface area contributed by atoms with Gasteiger partial charge in [-0.15, -0.1) is 0 Å². The molecule has 0 N–H and O–H groups in total. The number of likely N-dealkylation sites (tertiary alicyclic amines) is 1. The Bertz CT molecular complexity index is 607. The average Bonchev–Trinajstić information content (AvgIpc) is 2.96. The molecule has 1 fully saturated rings. The number of carbonyl (C=O) groups excluding carboxylic acids is 2. The first-order chi connectivity index (χ1) is 11.7. The Hall–Kier alpha value is -2.28. The quantitative estimate of drug-likeness (QED) is 0.776. The molecule has 1 aromatic rings. The van der Waals surface area contributed by atoms with E-state index in [0.717, 1.165) is 0 Å². The second-order valence-electron chi connectivity index (χ2n) is 6.83. The SMILES string of the molecule is COC(=O)c1ccc(O[C@H]2CN(C(=O)OC(C)(C)C)C[C@H]2OC)cc1. The summed E-state index contributed by atoms with van der Waals surface area (Å²) in [4.78, 5) is 25.2. The average molecular weight is 351 g/mol. The molecule has 0 spiro atoms. The molecule has 0 saturated carbocycles. The van der Waals surface area contributed by atoms with E-state index >= 15 is 0 Å². The molecule has 1 saturated heterocycles. The molecule has 2 atom stereocenters. The highest BCUT2D eigenvalue weighted by Crippen LogP contribution is 2.23. The van der Waals surface area contributed by atoms with Crippen LogP contribution >= 0.6 is 0 Å². The van der Waals surface area contributed by atoms with E-state index in [4.69, 9.17) is 14.2 Å². The molecule has 1 aliphatic heterocycles. The Labute approximate surface area is 147 Å². The van der Waals surface area contributed by atoms with E-state index in [1.54, 1.807) is 36.3 Å². The molecular formula is C18H25NO6. The van der Waals surface area contributed by atoms with Crippen molar-refractivity contribution in [3.63, 3.8) is 0 Å². The summed E-state index contributed by atoms with van der Waals surface area (Å²) in [5.74, 6) is 0.184. The van der Waals surface area contributed by atoms with Crippen LogP contribution in [0.1, 0.15) is 31.1 Å². The second-order valence-corrected chi connectivity index (χ2v) is 6.83. The second kappa shape index (κ2) is 7.74. The summed E-state index contributed by atoms with van der Waals surface area (Å²) in [5.41, 5.74) is -0.109. The Morgan fingerprint density at radius 3 is 2.16 bits per heavy atom. The van der Waals surface area contributed by atoms with Crippen LogP contribution < -0.4 is 4.74 Å². The van der Waals surface area contributed by atoms with Gasteiger partial charge in [0.15, 0.2) is 0 Å². The summed E-state index contributed by atoms with van der Waals surface area (Å²) in [5, 5.41) is 0. The Balaban J connectivity index is 2.01. The minimum atomic E-state index is -0.553. The van der Waals surface area contributed by atoms with Gasteiger partial charge in [0.2, 0.25) is 0 Å². The molecular weight excluding hydrogens is 326 g/mol. The fraction of sp³-hybridized carbons (Fsp3) is 0.556. The first kappa shape index (κ1) is 19.1. The number of nitrogens with zero attached hydrogens (tertiary/aromatic N) is 1. The molecule has 0 bridgehead atoms. The third-order valence-corrected chi connectivity index (χ3v) is 3.73. The van der Waals surface area contributed by atoms with E-state index in [0.29, 0.717) is 24.4 Å². The number of rotatable bonds is 4. The van der Waals surface area contributed by atoms with Crippen molar-refractivity contribution < 1.29 is 28.5 Å². The zero-order valence-corrected chi connectivity index (χ0v) is 15.3. The predicted octanol–water partition coefficient (Wildman–Crippen LogP) is 2.49. The van der Waals surface area contributed by atoms with Crippen LogP contribution in [0.4, 0.5) is 4.79 Å². The van der Waals surface area contributed by atoms with Crippen molar-refractivity contribution in [3.05, 3.63) is 29.8 Å². The van der Waals surface area contributed by atoms with Crippen molar-refractivity contribution in [2.45, 2.75) is 38.6 Å². The smallest absolute Gasteiger partial charge is 0.410 e. The molecule has 0 aromatic heterocycles. The minimum Gasteiger partial charge on any atom is -0.486 e. The molecule has 2 rings (SSSR count). The summed E-state index contributed by atoms with van der Waals surface area (Å²) in [7, 11) is 2.92. The summed E-state index contributed by atoms with van der Waals surface area (Å²) < 4.78 is 21.4. The molecule has 7 heteroatoms. The van der Waals surface area contributed by atoms with Crippen LogP contribution in [0.15, 0.2) is 24.3 Å². The molecule has 138 valence electrons. The lowest BCUT2D eigenvalue weighted by molar-refractivity contribution is 0.0241. The highest BCUT2D eigenvalue weighted by Gasteiger charge is 2.38. The molecule has 25 heavy (non-hydrogen) atoms. The van der Waals surface area contributed by atoms with Crippen LogP contribution in [0.5, 0.6) is 5.75 Å². The van der Waals surface area contributed by atoms with Gasteiger partial charge >= 0.3 is 12.1 Å². The van der Waals surface area contributed by atoms with Gasteiger partial charge in [-0.05, 0) is 45.0 Å². The number of methoxy groups -OCH3 is 2. The first-order valence-corrected chi connectivity index (χ1v) is 8.09. The van der Waals surface area contributed by atoms with Gasteiger partial charge in [-0.3, -0.25) is 0 Å². The number of hydrogen-bond donors (Lipinski definition) is 0. The van der Waals surface area contributed by atoms with Gasteiger partial charge in [0.05, 0.1) is 25.8 Å². The van der Waals surface area contributed by atoms with Crippen LogP contribution in [0.3, 0.4) is 0 Å². The number of esters is 1. The van der Waals surface area contributed by atoms with Crippen molar-refractivity contribution in [2.24, 2.45) is 0 Å². The number of carbonyl (C=O) groups is 2. The van der Waals surface area contributed by atoms with Crippen molar-refractivity contribution in [1.29, 1.82) is 0 Å². The monoisotopic (exact) mass is 351 g/mol. The van der Waals surface area contributed by atoms with E-state index in [-0.39, 0.29) is 18.3 Å². The Morgan fingerprint density at radius 1 is 1.04 bits per heavy atom. The number of hydrogen-bond acceptors (Lipinski definition) is 6. The maximum Gasteiger partial charge on any atom is 0.410 e. The van der Waals surface area contributed by atoms with Crippen LogP contribution in [-0.2, 0) is 14.2 Å². The topological polar surface area (TPSA) is 74.3 Å². The zero-order valence-electron chi connectivity index (χ0n) is 15.3. The van der Waals surface area contributed by atoms with Crippen molar-refractivity contribution in [2.75, 3.05) is 27.3 Å². The lowest BCUT2D eigenvalue weighted by atomic mass is 10.2. The largest absolute Gasteiger partial charge is 0.486 e. The van der Waals surface area contributed by atoms with E-state index in [1.165, 1.54) is 7.11 Å². The normalized spacial score (nSPS) is 20.3. The molecule has 0 radical (unpaired) electrons. The lowest BCUT2D eigenvalue weighted by Gasteiger charge is -2.24. The van der Waals surface area contributed by atoms with Crippen molar-refractivity contribution in [1.82, 2.24) is 4.90 Å². The first-order valence-electron chi connectivity index (χ1n) is 8.09. The summed E-state index contributed by atoms with van der Waals surface area (Å²) >= 11 is 0. The molecule has 0 aliphatic carbocycles. The summed E-state index contributed by atoms with van der Waals surface area (Å²) in [6, 6.07) is 6.64. The highest BCUT2D eigenvalue weighted by molar-refractivity contribution is 5.89. The number of amides is 1. The minimum absolute atomic E-state index is 0.257. The maximum absolute atomic E-state index is 12.2. The molecule has 0 unspecified atom stereocenters. The summed E-state index contributed by atoms with van der Waals surface area (Å²) in [6.07, 6.45) is -0.962. The van der Waals surface area contributed by atoms with E-state index in [1.807, 2.05) is 20.8 Å². The third-order valence-electron chi connectivity index (χ3n) is 3.73. The van der Waals surface area contributed by atoms with Crippen LogP contribution in [0.2, 0.25) is 0 Å². The number of benzene rings is 1. The molecule has 1 aromatic carbocycles. The predicted molar refractivity (Wildman–Crippen MR) is 90.8 cm³/mol. The molecule has 1 aliphatic rings. The van der Waals surface area contributed by atoms with Crippen LogP contribution in [-0.4, -0.2) is 62.1 Å². The Kier molecular flexibility index (Phi) is 5.89. The van der Waals surface area contributed by atoms with Crippen molar-refractivity contribution >= 4 is 12.1 Å². The van der Waals surface area contributed by atoms with Gasteiger partial charge in [0.1, 0.15) is 23.6 Å². The van der Waals surface area contributed by atoms with Gasteiger partial charge in [-0.1, -0.05) is 0 Å². The van der Waals surface area contributed by atoms with Gasteiger partial charge in [-0.25, -0.2) is 9.59 Å². The van der Waals surface area contributed by atoms with Gasteiger partial charge in [0, 0.05) is 7.11 Å². The van der Waals surface area contributed by atoms with Crippen LogP contribution in [0.25, 0.3) is 0 Å². The Morgan fingerprint density at radius 2 is 1.64 bits per heavy atom. The van der Waals surface area contributed by atoms with E-state index in [2.05, 4.69) is 4.74 Å². The fourth-order valence-electron chi connectivity index (χ4n) is 2.52. The third kappa shape index (κ3) is 5.09. The molecule has 7 nitrogen and oxygen atoms in total. The van der Waals surface area contributed by atoms with Gasteiger partial charge < -0.3 is 23.8 Å². The maximum atomic E-state index is 12.2. The molecule has 1 amide bonds. The van der Waals surface area contributed by atoms with E-state index in [9.17, 15) is 9.59 Å². The van der Waals surface area contributed by atoms with Gasteiger partial charge in [-0.2, -0.15) is 0 Å². The highest BCUT2D eigenvalue weighted by atomic mass is 16.6. The van der Waals surface area contributed by atoms with Gasteiger partial charge in [0.25, 0.3) is 0 Å². The number of ether oxygens (including phenoxy) is 4. The van der Waals surface area contributed by atoms with Crippen molar-refractivity contribution in [3.8, 4) is 5.75 Å². The summed E-state index contributed by atoms with van der Waals surface area (Å²) in [6.45, 7) is 6.24. The lowest BCUT2D eigenvalue weighted by Crippen LogP contribution is -2.36. The zero-order chi connectivity index (χ0) is 18.6. The standard InChI is InChI=1S/C18H25NO6/c1-18(2,3)25-17(21)19-10-14(22-4)15(11-19)24-13-8-6-12(7-9-13)16(20)23-5/h6-9,14-15H,10-11H2,1-5H3/t14-,15+/m1/s1. The van der Waals surface area contributed by atoms with Crippen LogP contribution in [0, 0.1) is 0 Å².